The highest BCUT2D eigenvalue weighted by atomic mass is 16.8. The molecule has 0 spiro atoms. The summed E-state index contributed by atoms with van der Waals surface area (Å²) in [5.41, 5.74) is 0. The van der Waals surface area contributed by atoms with Crippen molar-refractivity contribution in [3.8, 4) is 0 Å². The molecule has 0 aromatic rings. The molecule has 1 heterocycles. The van der Waals surface area contributed by atoms with Crippen molar-refractivity contribution in [2.45, 2.75) is 19.3 Å². The van der Waals surface area contributed by atoms with Crippen molar-refractivity contribution in [2.24, 2.45) is 0 Å². The predicted octanol–water partition coefficient (Wildman–Crippen LogP) is 1.49. The molecule has 1 rings (SSSR count). The van der Waals surface area contributed by atoms with Crippen LogP contribution in [0.3, 0.4) is 0 Å². The lowest BCUT2D eigenvalue weighted by Gasteiger charge is -1.90. The monoisotopic (exact) mass is 140 g/mol. The third-order valence-corrected chi connectivity index (χ3v) is 1.24. The van der Waals surface area contributed by atoms with E-state index in [1.165, 1.54) is 0 Å². The van der Waals surface area contributed by atoms with Crippen molar-refractivity contribution >= 4 is 0 Å². The fourth-order valence-corrected chi connectivity index (χ4v) is 0.732. The van der Waals surface area contributed by atoms with Gasteiger partial charge in [0.2, 0.25) is 0 Å². The van der Waals surface area contributed by atoms with Crippen molar-refractivity contribution in [1.29, 1.82) is 0 Å². The van der Waals surface area contributed by atoms with Gasteiger partial charge in [0.05, 0.1) is 6.61 Å². The van der Waals surface area contributed by atoms with E-state index in [1.54, 1.807) is 6.08 Å². The van der Waals surface area contributed by atoms with Crippen LogP contribution in [0.2, 0.25) is 0 Å². The van der Waals surface area contributed by atoms with E-state index < -0.39 is 0 Å². The largest absolute Gasteiger partial charge is 0.346 e. The predicted molar refractivity (Wildman–Crippen MR) is 39.6 cm³/mol. The molecule has 0 bridgehead atoms. The molecule has 0 aliphatic carbocycles. The van der Waals surface area contributed by atoms with Crippen LogP contribution in [0.15, 0.2) is 24.8 Å². The number of allylic oxidation sites excluding steroid dienone is 1. The number of hydrogen-bond acceptors (Lipinski definition) is 2. The molecular weight excluding hydrogens is 128 g/mol. The Kier molecular flexibility index (Phi) is 2.66. The lowest BCUT2D eigenvalue weighted by Crippen LogP contribution is -1.97. The SMILES string of the molecule is C=CCOC1OC1C=CC. The summed E-state index contributed by atoms with van der Waals surface area (Å²) in [6, 6.07) is 0. The number of epoxide rings is 1. The maximum Gasteiger partial charge on any atom is 0.188 e. The normalized spacial score (nSPS) is 30.9. The minimum absolute atomic E-state index is 0.0193. The molecule has 0 saturated carbocycles. The zero-order valence-electron chi connectivity index (χ0n) is 6.12. The minimum atomic E-state index is -0.0193. The van der Waals surface area contributed by atoms with Gasteiger partial charge >= 0.3 is 0 Å². The standard InChI is InChI=1S/C8H12O2/c1-3-5-7-8(10-7)9-6-4-2/h3-5,7-8H,2,6H2,1H3. The van der Waals surface area contributed by atoms with Crippen LogP contribution in [0.4, 0.5) is 0 Å². The first-order chi connectivity index (χ1) is 4.88. The molecule has 2 atom stereocenters. The summed E-state index contributed by atoms with van der Waals surface area (Å²) in [4.78, 5) is 0. The Balaban J connectivity index is 2.07. The molecular formula is C8H12O2. The van der Waals surface area contributed by atoms with Gasteiger partial charge in [-0.15, -0.1) is 6.58 Å². The first-order valence-corrected chi connectivity index (χ1v) is 3.39. The third kappa shape index (κ3) is 1.97. The fourth-order valence-electron chi connectivity index (χ4n) is 0.732. The van der Waals surface area contributed by atoms with Crippen LogP contribution in [-0.4, -0.2) is 19.0 Å². The summed E-state index contributed by atoms with van der Waals surface area (Å²) in [5, 5.41) is 0. The fraction of sp³-hybridized carbons (Fsp3) is 0.500. The summed E-state index contributed by atoms with van der Waals surface area (Å²) in [5.74, 6) is 0. The molecule has 1 fully saturated rings. The molecule has 0 amide bonds. The number of hydrogen-bond donors (Lipinski definition) is 0. The van der Waals surface area contributed by atoms with Gasteiger partial charge in [-0.3, -0.25) is 0 Å². The van der Waals surface area contributed by atoms with Crippen LogP contribution >= 0.6 is 0 Å². The third-order valence-electron chi connectivity index (χ3n) is 1.24. The molecule has 10 heavy (non-hydrogen) atoms. The van der Waals surface area contributed by atoms with Gasteiger partial charge in [-0.2, -0.15) is 0 Å². The summed E-state index contributed by atoms with van der Waals surface area (Å²) >= 11 is 0. The van der Waals surface area contributed by atoms with Gasteiger partial charge in [0.1, 0.15) is 6.10 Å². The number of rotatable bonds is 4. The Bertz CT molecular complexity index is 140. The molecule has 1 aliphatic rings. The summed E-state index contributed by atoms with van der Waals surface area (Å²) in [7, 11) is 0. The average Bonchev–Trinajstić information content (AvgIpc) is 2.65. The zero-order chi connectivity index (χ0) is 7.40. The van der Waals surface area contributed by atoms with Gasteiger partial charge in [-0.05, 0) is 6.92 Å². The van der Waals surface area contributed by atoms with Gasteiger partial charge < -0.3 is 9.47 Å². The topological polar surface area (TPSA) is 21.8 Å². The van der Waals surface area contributed by atoms with Crippen molar-refractivity contribution in [3.63, 3.8) is 0 Å². The van der Waals surface area contributed by atoms with Gasteiger partial charge in [0.25, 0.3) is 0 Å². The average molecular weight is 140 g/mol. The van der Waals surface area contributed by atoms with E-state index in [9.17, 15) is 0 Å². The first-order valence-electron chi connectivity index (χ1n) is 3.39. The van der Waals surface area contributed by atoms with Crippen molar-refractivity contribution in [1.82, 2.24) is 0 Å². The molecule has 1 saturated heterocycles. The van der Waals surface area contributed by atoms with E-state index in [0.29, 0.717) is 6.61 Å². The summed E-state index contributed by atoms with van der Waals surface area (Å²) in [6.07, 6.45) is 5.82. The van der Waals surface area contributed by atoms with Crippen LogP contribution < -0.4 is 0 Å². The van der Waals surface area contributed by atoms with E-state index in [0.717, 1.165) is 0 Å². The van der Waals surface area contributed by atoms with Crippen molar-refractivity contribution in [3.05, 3.63) is 24.8 Å². The molecule has 0 radical (unpaired) electrons. The van der Waals surface area contributed by atoms with Crippen LogP contribution in [-0.2, 0) is 9.47 Å². The Morgan fingerprint density at radius 3 is 3.10 bits per heavy atom. The van der Waals surface area contributed by atoms with E-state index in [4.69, 9.17) is 9.47 Å². The Morgan fingerprint density at radius 1 is 1.70 bits per heavy atom. The molecule has 2 nitrogen and oxygen atoms in total. The summed E-state index contributed by atoms with van der Waals surface area (Å²) < 4.78 is 10.3. The van der Waals surface area contributed by atoms with Crippen LogP contribution in [0.25, 0.3) is 0 Å². The molecule has 2 unspecified atom stereocenters. The highest BCUT2D eigenvalue weighted by Gasteiger charge is 2.36. The molecule has 0 aromatic carbocycles. The van der Waals surface area contributed by atoms with E-state index in [2.05, 4.69) is 6.58 Å². The van der Waals surface area contributed by atoms with E-state index in [-0.39, 0.29) is 12.4 Å². The van der Waals surface area contributed by atoms with Gasteiger partial charge in [-0.1, -0.05) is 18.2 Å². The first kappa shape index (κ1) is 7.51. The van der Waals surface area contributed by atoms with E-state index >= 15 is 0 Å². The van der Waals surface area contributed by atoms with E-state index in [1.807, 2.05) is 19.1 Å². The summed E-state index contributed by atoms with van der Waals surface area (Å²) in [6.45, 7) is 6.07. The number of ether oxygens (including phenoxy) is 2. The molecule has 0 aromatic heterocycles. The molecule has 0 N–H and O–H groups in total. The van der Waals surface area contributed by atoms with Crippen molar-refractivity contribution in [2.75, 3.05) is 6.61 Å². The smallest absolute Gasteiger partial charge is 0.188 e. The van der Waals surface area contributed by atoms with Gasteiger partial charge in [0, 0.05) is 0 Å². The second kappa shape index (κ2) is 3.54. The van der Waals surface area contributed by atoms with Gasteiger partial charge in [-0.25, -0.2) is 0 Å². The van der Waals surface area contributed by atoms with Crippen molar-refractivity contribution < 1.29 is 9.47 Å². The Morgan fingerprint density at radius 2 is 2.50 bits per heavy atom. The molecule has 2 heteroatoms. The van der Waals surface area contributed by atoms with Gasteiger partial charge in [0.15, 0.2) is 6.29 Å². The van der Waals surface area contributed by atoms with Crippen LogP contribution in [0.1, 0.15) is 6.92 Å². The Labute approximate surface area is 61.1 Å². The molecule has 56 valence electrons. The second-order valence-corrected chi connectivity index (χ2v) is 2.12. The highest BCUT2D eigenvalue weighted by molar-refractivity contribution is 4.97. The van der Waals surface area contributed by atoms with Crippen LogP contribution in [0.5, 0.6) is 0 Å². The zero-order valence-corrected chi connectivity index (χ0v) is 6.12. The minimum Gasteiger partial charge on any atom is -0.346 e. The molecule has 1 aliphatic heterocycles. The second-order valence-electron chi connectivity index (χ2n) is 2.12. The Hall–Kier alpha value is -0.600. The highest BCUT2D eigenvalue weighted by Crippen LogP contribution is 2.23. The van der Waals surface area contributed by atoms with Crippen LogP contribution in [0, 0.1) is 0 Å². The lowest BCUT2D eigenvalue weighted by atomic mass is 10.4. The quantitative estimate of drug-likeness (QED) is 0.436. The maximum atomic E-state index is 5.18. The lowest BCUT2D eigenvalue weighted by molar-refractivity contribution is 0.0697. The maximum absolute atomic E-state index is 5.18.